The zero-order chi connectivity index (χ0) is 12.3. The second kappa shape index (κ2) is 4.89. The standard InChI is InChI=1S/C13H10ClNO2/c14-10-4-6-11(7-5-10)15-13(17)9-2-1-3-12(16)8-9/h1-8,16H,(H,15,17). The minimum absolute atomic E-state index is 0.0637. The zero-order valence-electron chi connectivity index (χ0n) is 8.85. The van der Waals surface area contributed by atoms with Crippen LogP contribution in [0.1, 0.15) is 10.4 Å². The summed E-state index contributed by atoms with van der Waals surface area (Å²) in [6, 6.07) is 13.0. The molecule has 0 spiro atoms. The normalized spacial score (nSPS) is 9.94. The van der Waals surface area contributed by atoms with Crippen molar-refractivity contribution in [3.05, 3.63) is 59.1 Å². The van der Waals surface area contributed by atoms with E-state index in [2.05, 4.69) is 5.32 Å². The number of benzene rings is 2. The van der Waals surface area contributed by atoms with Crippen molar-refractivity contribution in [1.82, 2.24) is 0 Å². The van der Waals surface area contributed by atoms with Crippen molar-refractivity contribution < 1.29 is 9.90 Å². The van der Waals surface area contributed by atoms with E-state index in [1.807, 2.05) is 0 Å². The Balaban J connectivity index is 2.14. The van der Waals surface area contributed by atoms with E-state index >= 15 is 0 Å². The Hall–Kier alpha value is -2.00. The fourth-order valence-corrected chi connectivity index (χ4v) is 1.51. The Morgan fingerprint density at radius 2 is 1.82 bits per heavy atom. The number of halogens is 1. The Labute approximate surface area is 104 Å². The topological polar surface area (TPSA) is 49.3 Å². The van der Waals surface area contributed by atoms with E-state index in [1.165, 1.54) is 12.1 Å². The maximum atomic E-state index is 11.8. The van der Waals surface area contributed by atoms with E-state index in [9.17, 15) is 9.90 Å². The summed E-state index contributed by atoms with van der Waals surface area (Å²) in [6.45, 7) is 0. The van der Waals surface area contributed by atoms with Crippen molar-refractivity contribution >= 4 is 23.2 Å². The molecule has 2 aromatic carbocycles. The molecule has 0 aromatic heterocycles. The van der Waals surface area contributed by atoms with E-state index in [-0.39, 0.29) is 11.7 Å². The first-order valence-corrected chi connectivity index (χ1v) is 5.39. The number of phenols is 1. The van der Waals surface area contributed by atoms with Gasteiger partial charge in [-0.1, -0.05) is 17.7 Å². The molecule has 0 fully saturated rings. The molecule has 2 rings (SSSR count). The smallest absolute Gasteiger partial charge is 0.255 e. The number of hydrogen-bond donors (Lipinski definition) is 2. The Morgan fingerprint density at radius 3 is 2.47 bits per heavy atom. The number of aromatic hydroxyl groups is 1. The molecule has 17 heavy (non-hydrogen) atoms. The lowest BCUT2D eigenvalue weighted by Crippen LogP contribution is -2.11. The molecular formula is C13H10ClNO2. The van der Waals surface area contributed by atoms with E-state index in [0.29, 0.717) is 16.3 Å². The van der Waals surface area contributed by atoms with Crippen LogP contribution in [0.2, 0.25) is 5.02 Å². The highest BCUT2D eigenvalue weighted by Crippen LogP contribution is 2.16. The molecule has 0 aliphatic carbocycles. The quantitative estimate of drug-likeness (QED) is 0.856. The van der Waals surface area contributed by atoms with Gasteiger partial charge in [0.25, 0.3) is 5.91 Å². The molecular weight excluding hydrogens is 238 g/mol. The molecule has 0 atom stereocenters. The average Bonchev–Trinajstić information content (AvgIpc) is 2.32. The molecule has 2 N–H and O–H groups in total. The lowest BCUT2D eigenvalue weighted by molar-refractivity contribution is 0.102. The first-order valence-electron chi connectivity index (χ1n) is 5.01. The highest BCUT2D eigenvalue weighted by atomic mass is 35.5. The number of rotatable bonds is 2. The molecule has 1 amide bonds. The molecule has 0 saturated heterocycles. The van der Waals surface area contributed by atoms with Crippen molar-refractivity contribution in [1.29, 1.82) is 0 Å². The van der Waals surface area contributed by atoms with Crippen LogP contribution < -0.4 is 5.32 Å². The van der Waals surface area contributed by atoms with Gasteiger partial charge in [0.1, 0.15) is 5.75 Å². The SMILES string of the molecule is O=C(Nc1ccc(Cl)cc1)c1cccc(O)c1. The summed E-state index contributed by atoms with van der Waals surface area (Å²) in [5.41, 5.74) is 1.06. The number of phenolic OH excluding ortho intramolecular Hbond substituents is 1. The van der Waals surface area contributed by atoms with Crippen LogP contribution in [0.5, 0.6) is 5.75 Å². The van der Waals surface area contributed by atoms with Gasteiger partial charge in [-0.05, 0) is 42.5 Å². The number of hydrogen-bond acceptors (Lipinski definition) is 2. The molecule has 0 aliphatic heterocycles. The molecule has 2 aromatic rings. The van der Waals surface area contributed by atoms with Gasteiger partial charge in [0.05, 0.1) is 0 Å². The van der Waals surface area contributed by atoms with Crippen molar-refractivity contribution in [3.8, 4) is 5.75 Å². The van der Waals surface area contributed by atoms with Crippen LogP contribution in [0.4, 0.5) is 5.69 Å². The van der Waals surface area contributed by atoms with Crippen molar-refractivity contribution in [2.24, 2.45) is 0 Å². The highest BCUT2D eigenvalue weighted by molar-refractivity contribution is 6.30. The molecule has 0 bridgehead atoms. The molecule has 0 saturated carbocycles. The van der Waals surface area contributed by atoms with Crippen molar-refractivity contribution in [2.75, 3.05) is 5.32 Å². The molecule has 0 heterocycles. The second-order valence-corrected chi connectivity index (χ2v) is 3.95. The summed E-state index contributed by atoms with van der Waals surface area (Å²) in [5, 5.41) is 12.6. The zero-order valence-corrected chi connectivity index (χ0v) is 9.61. The van der Waals surface area contributed by atoms with Crippen LogP contribution in [-0.2, 0) is 0 Å². The number of nitrogens with one attached hydrogen (secondary N) is 1. The van der Waals surface area contributed by atoms with Crippen LogP contribution in [-0.4, -0.2) is 11.0 Å². The van der Waals surface area contributed by atoms with Crippen LogP contribution in [0.15, 0.2) is 48.5 Å². The van der Waals surface area contributed by atoms with Crippen molar-refractivity contribution in [2.45, 2.75) is 0 Å². The molecule has 0 radical (unpaired) electrons. The van der Waals surface area contributed by atoms with Crippen LogP contribution in [0, 0.1) is 0 Å². The summed E-state index contributed by atoms with van der Waals surface area (Å²) in [4.78, 5) is 11.8. The Bertz CT molecular complexity index is 537. The van der Waals surface area contributed by atoms with Gasteiger partial charge in [0, 0.05) is 16.3 Å². The van der Waals surface area contributed by atoms with Crippen LogP contribution in [0.3, 0.4) is 0 Å². The maximum Gasteiger partial charge on any atom is 0.255 e. The minimum atomic E-state index is -0.275. The number of carbonyl (C=O) groups excluding carboxylic acids is 1. The summed E-state index contributed by atoms with van der Waals surface area (Å²) in [6.07, 6.45) is 0. The van der Waals surface area contributed by atoms with Crippen LogP contribution >= 0.6 is 11.6 Å². The number of anilines is 1. The third kappa shape index (κ3) is 2.98. The monoisotopic (exact) mass is 247 g/mol. The van der Waals surface area contributed by atoms with E-state index in [4.69, 9.17) is 11.6 Å². The maximum absolute atomic E-state index is 11.8. The van der Waals surface area contributed by atoms with E-state index in [0.717, 1.165) is 0 Å². The third-order valence-electron chi connectivity index (χ3n) is 2.21. The molecule has 3 nitrogen and oxygen atoms in total. The third-order valence-corrected chi connectivity index (χ3v) is 2.46. The molecule has 86 valence electrons. The van der Waals surface area contributed by atoms with Gasteiger partial charge in [-0.3, -0.25) is 4.79 Å². The largest absolute Gasteiger partial charge is 0.508 e. The summed E-state index contributed by atoms with van der Waals surface area (Å²) >= 11 is 5.74. The lowest BCUT2D eigenvalue weighted by atomic mass is 10.2. The highest BCUT2D eigenvalue weighted by Gasteiger charge is 2.06. The summed E-state index contributed by atoms with van der Waals surface area (Å²) < 4.78 is 0. The van der Waals surface area contributed by atoms with Gasteiger partial charge in [0.15, 0.2) is 0 Å². The van der Waals surface area contributed by atoms with Gasteiger partial charge in [-0.15, -0.1) is 0 Å². The van der Waals surface area contributed by atoms with Gasteiger partial charge in [-0.25, -0.2) is 0 Å². The van der Waals surface area contributed by atoms with Gasteiger partial charge in [0.2, 0.25) is 0 Å². The van der Waals surface area contributed by atoms with E-state index in [1.54, 1.807) is 36.4 Å². The predicted molar refractivity (Wildman–Crippen MR) is 67.5 cm³/mol. The van der Waals surface area contributed by atoms with Crippen LogP contribution in [0.25, 0.3) is 0 Å². The number of carbonyl (C=O) groups is 1. The van der Waals surface area contributed by atoms with Gasteiger partial charge in [-0.2, -0.15) is 0 Å². The predicted octanol–water partition coefficient (Wildman–Crippen LogP) is 3.30. The minimum Gasteiger partial charge on any atom is -0.508 e. The second-order valence-electron chi connectivity index (χ2n) is 3.51. The van der Waals surface area contributed by atoms with Gasteiger partial charge >= 0.3 is 0 Å². The molecule has 0 unspecified atom stereocenters. The Kier molecular flexibility index (Phi) is 3.30. The van der Waals surface area contributed by atoms with E-state index < -0.39 is 0 Å². The fourth-order valence-electron chi connectivity index (χ4n) is 1.38. The fraction of sp³-hybridized carbons (Fsp3) is 0. The first kappa shape index (κ1) is 11.5. The first-order chi connectivity index (χ1) is 8.15. The summed E-state index contributed by atoms with van der Waals surface area (Å²) in [7, 11) is 0. The lowest BCUT2D eigenvalue weighted by Gasteiger charge is -2.05. The molecule has 0 aliphatic rings. The number of amides is 1. The van der Waals surface area contributed by atoms with Gasteiger partial charge < -0.3 is 10.4 Å². The van der Waals surface area contributed by atoms with Crippen molar-refractivity contribution in [3.63, 3.8) is 0 Å². The molecule has 4 heteroatoms. The average molecular weight is 248 g/mol. The summed E-state index contributed by atoms with van der Waals surface area (Å²) in [5.74, 6) is -0.211. The Morgan fingerprint density at radius 1 is 1.12 bits per heavy atom.